The Morgan fingerprint density at radius 3 is 2.58 bits per heavy atom. The van der Waals surface area contributed by atoms with Gasteiger partial charge in [0.15, 0.2) is 0 Å². The molecule has 0 radical (unpaired) electrons. The second-order valence-corrected chi connectivity index (χ2v) is 5.61. The summed E-state index contributed by atoms with van der Waals surface area (Å²) in [6, 6.07) is 14.4. The first kappa shape index (κ1) is 16.1. The molecule has 0 aliphatic heterocycles. The second kappa shape index (κ2) is 6.76. The highest BCUT2D eigenvalue weighted by Crippen LogP contribution is 2.23. The number of fused-ring (bicyclic) bond motifs is 1. The van der Waals surface area contributed by atoms with Crippen LogP contribution in [0.25, 0.3) is 10.9 Å². The second-order valence-electron chi connectivity index (χ2n) is 5.21. The van der Waals surface area contributed by atoms with Crippen molar-refractivity contribution < 1.29 is 14.3 Å². The summed E-state index contributed by atoms with van der Waals surface area (Å²) in [5, 5.41) is 3.98. The molecule has 122 valence electrons. The lowest BCUT2D eigenvalue weighted by atomic mass is 10.2. The average molecular weight is 343 g/mol. The molecule has 6 heteroatoms. The van der Waals surface area contributed by atoms with Crippen molar-refractivity contribution in [3.05, 3.63) is 65.3 Å². The molecule has 24 heavy (non-hydrogen) atoms. The lowest BCUT2D eigenvalue weighted by Crippen LogP contribution is -2.18. The van der Waals surface area contributed by atoms with Crippen LogP contribution in [0.15, 0.2) is 54.7 Å². The molecule has 1 N–H and O–H groups in total. The van der Waals surface area contributed by atoms with Crippen LogP contribution in [0.3, 0.4) is 0 Å². The van der Waals surface area contributed by atoms with E-state index in [1.54, 1.807) is 35.0 Å². The summed E-state index contributed by atoms with van der Waals surface area (Å²) in [4.78, 5) is 24.2. The van der Waals surface area contributed by atoms with Crippen molar-refractivity contribution in [2.24, 2.45) is 0 Å². The van der Waals surface area contributed by atoms with E-state index in [0.717, 1.165) is 10.9 Å². The maximum atomic E-state index is 12.3. The predicted molar refractivity (Wildman–Crippen MR) is 93.4 cm³/mol. The normalized spacial score (nSPS) is 10.6. The van der Waals surface area contributed by atoms with E-state index in [-0.39, 0.29) is 12.5 Å². The van der Waals surface area contributed by atoms with E-state index in [0.29, 0.717) is 16.3 Å². The SMILES string of the molecule is COC(=O)c1cn(CC(=O)Nc2ccccc2Cl)c2ccccc12. The van der Waals surface area contributed by atoms with Gasteiger partial charge < -0.3 is 14.6 Å². The van der Waals surface area contributed by atoms with Crippen LogP contribution < -0.4 is 5.32 Å². The smallest absolute Gasteiger partial charge is 0.340 e. The van der Waals surface area contributed by atoms with Crippen molar-refractivity contribution in [3.63, 3.8) is 0 Å². The largest absolute Gasteiger partial charge is 0.465 e. The molecule has 3 aromatic rings. The van der Waals surface area contributed by atoms with Gasteiger partial charge in [0.1, 0.15) is 6.54 Å². The number of benzene rings is 2. The zero-order valence-electron chi connectivity index (χ0n) is 13.0. The van der Waals surface area contributed by atoms with Gasteiger partial charge >= 0.3 is 5.97 Å². The van der Waals surface area contributed by atoms with Gasteiger partial charge in [0.2, 0.25) is 5.91 Å². The fraction of sp³-hybridized carbons (Fsp3) is 0.111. The minimum atomic E-state index is -0.434. The first-order valence-corrected chi connectivity index (χ1v) is 7.68. The number of carbonyl (C=O) groups excluding carboxylic acids is 2. The molecular formula is C18H15ClN2O3. The van der Waals surface area contributed by atoms with Crippen LogP contribution >= 0.6 is 11.6 Å². The molecule has 0 fully saturated rings. The van der Waals surface area contributed by atoms with Crippen molar-refractivity contribution in [3.8, 4) is 0 Å². The zero-order valence-corrected chi connectivity index (χ0v) is 13.7. The topological polar surface area (TPSA) is 60.3 Å². The molecule has 0 saturated heterocycles. The first-order chi connectivity index (χ1) is 11.6. The fourth-order valence-corrected chi connectivity index (χ4v) is 2.74. The van der Waals surface area contributed by atoms with E-state index in [4.69, 9.17) is 16.3 Å². The number of ether oxygens (including phenoxy) is 1. The third-order valence-corrected chi connectivity index (χ3v) is 3.99. The van der Waals surface area contributed by atoms with Gasteiger partial charge in [-0.3, -0.25) is 4.79 Å². The Kier molecular flexibility index (Phi) is 4.53. The van der Waals surface area contributed by atoms with Gasteiger partial charge in [-0.2, -0.15) is 0 Å². The molecule has 0 bridgehead atoms. The van der Waals surface area contributed by atoms with E-state index < -0.39 is 5.97 Å². The number of nitrogens with one attached hydrogen (secondary N) is 1. The van der Waals surface area contributed by atoms with E-state index in [1.807, 2.05) is 24.3 Å². The zero-order chi connectivity index (χ0) is 17.1. The van der Waals surface area contributed by atoms with Crippen molar-refractivity contribution in [2.45, 2.75) is 6.54 Å². The van der Waals surface area contributed by atoms with E-state index in [9.17, 15) is 9.59 Å². The third kappa shape index (κ3) is 3.12. The van der Waals surface area contributed by atoms with Gasteiger partial charge in [0.25, 0.3) is 0 Å². The van der Waals surface area contributed by atoms with Crippen molar-refractivity contribution in [1.29, 1.82) is 0 Å². The van der Waals surface area contributed by atoms with Crippen molar-refractivity contribution in [1.82, 2.24) is 4.57 Å². The molecule has 0 aliphatic carbocycles. The third-order valence-electron chi connectivity index (χ3n) is 3.66. The first-order valence-electron chi connectivity index (χ1n) is 7.30. The van der Waals surface area contributed by atoms with Crippen LogP contribution in [0.1, 0.15) is 10.4 Å². The Hall–Kier alpha value is -2.79. The summed E-state index contributed by atoms with van der Waals surface area (Å²) in [5.74, 6) is -0.670. The molecular weight excluding hydrogens is 328 g/mol. The molecule has 3 rings (SSSR count). The van der Waals surface area contributed by atoms with Gasteiger partial charge in [-0.05, 0) is 18.2 Å². The molecule has 0 saturated carbocycles. The quantitative estimate of drug-likeness (QED) is 0.735. The van der Waals surface area contributed by atoms with Crippen LogP contribution in [0.5, 0.6) is 0 Å². The molecule has 1 aromatic heterocycles. The summed E-state index contributed by atoms with van der Waals surface area (Å²) in [6.07, 6.45) is 1.63. The minimum Gasteiger partial charge on any atom is -0.465 e. The number of carbonyl (C=O) groups is 2. The Morgan fingerprint density at radius 1 is 1.12 bits per heavy atom. The predicted octanol–water partition coefficient (Wildman–Crippen LogP) is 3.72. The molecule has 2 aromatic carbocycles. The van der Waals surface area contributed by atoms with Crippen LogP contribution in [-0.4, -0.2) is 23.6 Å². The average Bonchev–Trinajstić information content (AvgIpc) is 2.95. The summed E-state index contributed by atoms with van der Waals surface area (Å²) in [6.45, 7) is 0.0583. The number of para-hydroxylation sites is 2. The highest BCUT2D eigenvalue weighted by atomic mass is 35.5. The maximum Gasteiger partial charge on any atom is 0.340 e. The number of methoxy groups -OCH3 is 1. The summed E-state index contributed by atoms with van der Waals surface area (Å²) in [7, 11) is 1.33. The minimum absolute atomic E-state index is 0.0583. The molecule has 0 atom stereocenters. The summed E-state index contributed by atoms with van der Waals surface area (Å²) >= 11 is 6.05. The molecule has 1 amide bonds. The monoisotopic (exact) mass is 342 g/mol. The summed E-state index contributed by atoms with van der Waals surface area (Å²) < 4.78 is 6.52. The Morgan fingerprint density at radius 2 is 1.83 bits per heavy atom. The van der Waals surface area contributed by atoms with E-state index in [1.165, 1.54) is 7.11 Å². The Balaban J connectivity index is 1.89. The maximum absolute atomic E-state index is 12.3. The number of rotatable bonds is 4. The Labute approximate surface area is 143 Å². The van der Waals surface area contributed by atoms with Crippen molar-refractivity contribution in [2.75, 3.05) is 12.4 Å². The van der Waals surface area contributed by atoms with Crippen LogP contribution in [0.4, 0.5) is 5.69 Å². The Bertz CT molecular complexity index is 918. The number of halogens is 1. The molecule has 1 heterocycles. The van der Waals surface area contributed by atoms with Crippen molar-refractivity contribution >= 4 is 40.1 Å². The fourth-order valence-electron chi connectivity index (χ4n) is 2.56. The van der Waals surface area contributed by atoms with Gasteiger partial charge in [-0.1, -0.05) is 41.9 Å². The molecule has 5 nitrogen and oxygen atoms in total. The highest BCUT2D eigenvalue weighted by Gasteiger charge is 2.16. The van der Waals surface area contributed by atoms with E-state index >= 15 is 0 Å². The van der Waals surface area contributed by atoms with Crippen LogP contribution in [0.2, 0.25) is 5.02 Å². The molecule has 0 aliphatic rings. The van der Waals surface area contributed by atoms with Crippen LogP contribution in [-0.2, 0) is 16.1 Å². The van der Waals surface area contributed by atoms with Crippen LogP contribution in [0, 0.1) is 0 Å². The molecule has 0 unspecified atom stereocenters. The van der Waals surface area contributed by atoms with Gasteiger partial charge in [-0.25, -0.2) is 4.79 Å². The van der Waals surface area contributed by atoms with Gasteiger partial charge in [0, 0.05) is 17.1 Å². The summed E-state index contributed by atoms with van der Waals surface area (Å²) in [5.41, 5.74) is 1.76. The number of amides is 1. The van der Waals surface area contributed by atoms with Gasteiger partial charge in [-0.15, -0.1) is 0 Å². The lowest BCUT2D eigenvalue weighted by Gasteiger charge is -2.08. The number of aromatic nitrogens is 1. The number of nitrogens with zero attached hydrogens (tertiary/aromatic N) is 1. The lowest BCUT2D eigenvalue weighted by molar-refractivity contribution is -0.116. The van der Waals surface area contributed by atoms with Gasteiger partial charge in [0.05, 0.1) is 23.4 Å². The number of esters is 1. The van der Waals surface area contributed by atoms with E-state index in [2.05, 4.69) is 5.32 Å². The number of hydrogen-bond acceptors (Lipinski definition) is 3. The molecule has 0 spiro atoms. The highest BCUT2D eigenvalue weighted by molar-refractivity contribution is 6.33. The number of anilines is 1. The number of hydrogen-bond donors (Lipinski definition) is 1. The standard InChI is InChI=1S/C18H15ClN2O3/c1-24-18(23)13-10-21(16-9-5-2-6-12(13)16)11-17(22)20-15-8-4-3-7-14(15)19/h2-10H,11H2,1H3,(H,20,22).